The second-order valence-electron chi connectivity index (χ2n) is 4.95. The fraction of sp³-hybridized carbons (Fsp3) is 0.294. The van der Waals surface area contributed by atoms with Gasteiger partial charge in [-0.25, -0.2) is 4.39 Å². The number of halogens is 1. The van der Waals surface area contributed by atoms with E-state index in [0.29, 0.717) is 17.1 Å². The van der Waals surface area contributed by atoms with E-state index in [1.165, 1.54) is 20.3 Å². The second-order valence-corrected chi connectivity index (χ2v) is 4.95. The molecule has 0 radical (unpaired) electrons. The van der Waals surface area contributed by atoms with Crippen molar-refractivity contribution in [3.8, 4) is 11.5 Å². The van der Waals surface area contributed by atoms with Crippen LogP contribution in [0.2, 0.25) is 0 Å². The Bertz CT molecular complexity index is 601. The highest BCUT2D eigenvalue weighted by atomic mass is 19.1. The van der Waals surface area contributed by atoms with Crippen molar-refractivity contribution in [1.29, 1.82) is 0 Å². The van der Waals surface area contributed by atoms with Crippen molar-refractivity contribution in [3.63, 3.8) is 0 Å². The van der Waals surface area contributed by atoms with E-state index in [2.05, 4.69) is 0 Å². The highest BCUT2D eigenvalue weighted by Crippen LogP contribution is 2.36. The van der Waals surface area contributed by atoms with Crippen LogP contribution in [0.25, 0.3) is 0 Å². The number of methoxy groups -OCH3 is 2. The lowest BCUT2D eigenvalue weighted by Crippen LogP contribution is -2.19. The molecule has 0 aliphatic carbocycles. The van der Waals surface area contributed by atoms with Crippen LogP contribution in [0.15, 0.2) is 42.5 Å². The summed E-state index contributed by atoms with van der Waals surface area (Å²) in [5, 5.41) is 0. The minimum absolute atomic E-state index is 0.0150. The van der Waals surface area contributed by atoms with Gasteiger partial charge in [0.1, 0.15) is 5.82 Å². The Hall–Kier alpha value is -2.07. The zero-order valence-corrected chi connectivity index (χ0v) is 12.5. The van der Waals surface area contributed by atoms with E-state index in [4.69, 9.17) is 15.2 Å². The first kappa shape index (κ1) is 15.3. The van der Waals surface area contributed by atoms with E-state index >= 15 is 0 Å². The molecule has 0 aliphatic heterocycles. The molecule has 2 N–H and O–H groups in total. The van der Waals surface area contributed by atoms with Crippen LogP contribution >= 0.6 is 0 Å². The van der Waals surface area contributed by atoms with E-state index < -0.39 is 6.04 Å². The Morgan fingerprint density at radius 2 is 1.57 bits per heavy atom. The van der Waals surface area contributed by atoms with Crippen LogP contribution in [0.3, 0.4) is 0 Å². The highest BCUT2D eigenvalue weighted by Gasteiger charge is 2.22. The summed E-state index contributed by atoms with van der Waals surface area (Å²) < 4.78 is 24.6. The average molecular weight is 289 g/mol. The van der Waals surface area contributed by atoms with Crippen molar-refractivity contribution in [2.75, 3.05) is 14.2 Å². The van der Waals surface area contributed by atoms with Crippen LogP contribution in [0.1, 0.15) is 30.0 Å². The third-order valence-electron chi connectivity index (χ3n) is 3.73. The molecule has 2 aromatic carbocycles. The molecule has 0 aliphatic rings. The van der Waals surface area contributed by atoms with Gasteiger partial charge in [-0.15, -0.1) is 0 Å². The number of nitrogens with two attached hydrogens (primary N) is 1. The molecule has 0 aromatic heterocycles. The van der Waals surface area contributed by atoms with Crippen LogP contribution in [-0.4, -0.2) is 14.2 Å². The predicted molar refractivity (Wildman–Crippen MR) is 81.3 cm³/mol. The topological polar surface area (TPSA) is 44.5 Å². The Balaban J connectivity index is 2.37. The number of hydrogen-bond acceptors (Lipinski definition) is 3. The van der Waals surface area contributed by atoms with Crippen LogP contribution in [0.4, 0.5) is 4.39 Å². The molecule has 0 amide bonds. The highest BCUT2D eigenvalue weighted by molar-refractivity contribution is 5.45. The molecule has 0 bridgehead atoms. The van der Waals surface area contributed by atoms with E-state index in [1.54, 1.807) is 6.07 Å². The van der Waals surface area contributed by atoms with Crippen molar-refractivity contribution < 1.29 is 13.9 Å². The van der Waals surface area contributed by atoms with Crippen LogP contribution in [0.5, 0.6) is 11.5 Å². The Morgan fingerprint density at radius 3 is 2.14 bits per heavy atom. The van der Waals surface area contributed by atoms with Gasteiger partial charge in [0, 0.05) is 23.6 Å². The van der Waals surface area contributed by atoms with E-state index in [9.17, 15) is 4.39 Å². The first-order valence-electron chi connectivity index (χ1n) is 6.80. The van der Waals surface area contributed by atoms with Gasteiger partial charge in [-0.1, -0.05) is 37.3 Å². The summed E-state index contributed by atoms with van der Waals surface area (Å²) in [5.74, 6) is 0.435. The SMILES string of the molecule is COc1cc(F)c(C(N)C(C)c2ccccc2)cc1OC. The van der Waals surface area contributed by atoms with E-state index in [1.807, 2.05) is 37.3 Å². The van der Waals surface area contributed by atoms with Gasteiger partial charge < -0.3 is 15.2 Å². The summed E-state index contributed by atoms with van der Waals surface area (Å²) in [5.41, 5.74) is 7.74. The first-order valence-corrected chi connectivity index (χ1v) is 6.80. The van der Waals surface area contributed by atoms with Crippen molar-refractivity contribution in [3.05, 3.63) is 59.4 Å². The molecule has 112 valence electrons. The fourth-order valence-corrected chi connectivity index (χ4v) is 2.36. The molecule has 4 heteroatoms. The predicted octanol–water partition coefficient (Wildman–Crippen LogP) is 3.65. The molecule has 0 fully saturated rings. The normalized spacial score (nSPS) is 13.6. The zero-order chi connectivity index (χ0) is 15.4. The monoisotopic (exact) mass is 289 g/mol. The Kier molecular flexibility index (Phi) is 4.81. The average Bonchev–Trinajstić information content (AvgIpc) is 2.54. The molecule has 2 unspecified atom stereocenters. The molecule has 2 rings (SSSR count). The molecular formula is C17H20FNO2. The molecule has 0 saturated heterocycles. The third kappa shape index (κ3) is 3.16. The summed E-state index contributed by atoms with van der Waals surface area (Å²) in [6, 6.07) is 12.3. The number of ether oxygens (including phenoxy) is 2. The van der Waals surface area contributed by atoms with E-state index in [0.717, 1.165) is 5.56 Å². The zero-order valence-electron chi connectivity index (χ0n) is 12.5. The van der Waals surface area contributed by atoms with Gasteiger partial charge in [0.2, 0.25) is 0 Å². The maximum Gasteiger partial charge on any atom is 0.163 e. The first-order chi connectivity index (χ1) is 10.1. The van der Waals surface area contributed by atoms with Crippen molar-refractivity contribution >= 4 is 0 Å². The summed E-state index contributed by atoms with van der Waals surface area (Å²) >= 11 is 0. The number of benzene rings is 2. The van der Waals surface area contributed by atoms with Gasteiger partial charge in [0.25, 0.3) is 0 Å². The molecule has 2 atom stereocenters. The lowest BCUT2D eigenvalue weighted by atomic mass is 9.89. The lowest BCUT2D eigenvalue weighted by molar-refractivity contribution is 0.350. The van der Waals surface area contributed by atoms with Gasteiger partial charge in [-0.3, -0.25) is 0 Å². The molecular weight excluding hydrogens is 269 g/mol. The summed E-state index contributed by atoms with van der Waals surface area (Å²) in [6.07, 6.45) is 0. The molecule has 2 aromatic rings. The number of rotatable bonds is 5. The largest absolute Gasteiger partial charge is 0.493 e. The molecule has 0 saturated carbocycles. The van der Waals surface area contributed by atoms with Gasteiger partial charge in [0.15, 0.2) is 11.5 Å². The van der Waals surface area contributed by atoms with Crippen LogP contribution < -0.4 is 15.2 Å². The van der Waals surface area contributed by atoms with Crippen molar-refractivity contribution in [2.24, 2.45) is 5.73 Å². The minimum atomic E-state index is -0.466. The lowest BCUT2D eigenvalue weighted by Gasteiger charge is -2.22. The Morgan fingerprint density at radius 1 is 1.00 bits per heavy atom. The third-order valence-corrected chi connectivity index (χ3v) is 3.73. The minimum Gasteiger partial charge on any atom is -0.493 e. The van der Waals surface area contributed by atoms with Crippen molar-refractivity contribution in [2.45, 2.75) is 18.9 Å². The van der Waals surface area contributed by atoms with Crippen LogP contribution in [0, 0.1) is 5.82 Å². The van der Waals surface area contributed by atoms with Gasteiger partial charge >= 0.3 is 0 Å². The molecule has 3 nitrogen and oxygen atoms in total. The molecule has 0 spiro atoms. The van der Waals surface area contributed by atoms with Gasteiger partial charge in [0.05, 0.1) is 14.2 Å². The summed E-state index contributed by atoms with van der Waals surface area (Å²) in [4.78, 5) is 0. The summed E-state index contributed by atoms with van der Waals surface area (Å²) in [6.45, 7) is 1.98. The smallest absolute Gasteiger partial charge is 0.163 e. The van der Waals surface area contributed by atoms with Crippen molar-refractivity contribution in [1.82, 2.24) is 0 Å². The van der Waals surface area contributed by atoms with E-state index in [-0.39, 0.29) is 11.7 Å². The quantitative estimate of drug-likeness (QED) is 0.914. The number of hydrogen-bond donors (Lipinski definition) is 1. The maximum atomic E-state index is 14.3. The molecule has 21 heavy (non-hydrogen) atoms. The fourth-order valence-electron chi connectivity index (χ4n) is 2.36. The van der Waals surface area contributed by atoms with Gasteiger partial charge in [-0.05, 0) is 11.6 Å². The summed E-state index contributed by atoms with van der Waals surface area (Å²) in [7, 11) is 3.00. The second kappa shape index (κ2) is 6.59. The standard InChI is InChI=1S/C17H20FNO2/c1-11(12-7-5-4-6-8-12)17(19)13-9-15(20-2)16(21-3)10-14(13)18/h4-11,17H,19H2,1-3H3. The maximum absolute atomic E-state index is 14.3. The molecule has 0 heterocycles. The van der Waals surface area contributed by atoms with Gasteiger partial charge in [-0.2, -0.15) is 0 Å². The van der Waals surface area contributed by atoms with Crippen LogP contribution in [-0.2, 0) is 0 Å². The Labute approximate surface area is 124 Å².